The lowest BCUT2D eigenvalue weighted by atomic mass is 10.3. The molecule has 0 aromatic carbocycles. The molecule has 0 aliphatic rings. The molecule has 0 saturated heterocycles. The Kier molecular flexibility index (Phi) is 4.68. The van der Waals surface area contributed by atoms with Crippen LogP contribution >= 0.6 is 0 Å². The van der Waals surface area contributed by atoms with E-state index in [9.17, 15) is 14.4 Å². The molecule has 0 spiro atoms. The van der Waals surface area contributed by atoms with Crippen LogP contribution in [-0.2, 0) is 23.9 Å². The Balaban J connectivity index is 4.34. The number of carbonyl (C=O) groups excluding carboxylic acids is 2. The van der Waals surface area contributed by atoms with E-state index in [-0.39, 0.29) is 5.57 Å². The Morgan fingerprint density at radius 3 is 2.12 bits per heavy atom. The first-order valence-corrected chi connectivity index (χ1v) is 4.46. The van der Waals surface area contributed by atoms with E-state index in [1.165, 1.54) is 20.8 Å². The third-order valence-corrected chi connectivity index (χ3v) is 1.34. The number of aliphatic carboxylic acids is 1. The van der Waals surface area contributed by atoms with Crippen LogP contribution in [0.4, 0.5) is 0 Å². The zero-order chi connectivity index (χ0) is 12.9. The van der Waals surface area contributed by atoms with Gasteiger partial charge in [-0.15, -0.1) is 0 Å². The van der Waals surface area contributed by atoms with E-state index in [0.29, 0.717) is 0 Å². The molecule has 0 fully saturated rings. The number of esters is 2. The fraction of sp³-hybridized carbons (Fsp3) is 0.500. The molecule has 0 radical (unpaired) electrons. The Hall–Kier alpha value is -1.85. The van der Waals surface area contributed by atoms with Crippen LogP contribution in [0, 0.1) is 0 Å². The molecule has 0 aliphatic carbocycles. The van der Waals surface area contributed by atoms with Crippen LogP contribution in [0.25, 0.3) is 0 Å². The van der Waals surface area contributed by atoms with Gasteiger partial charge in [-0.2, -0.15) is 0 Å². The Bertz CT molecular complexity index is 328. The van der Waals surface area contributed by atoms with Gasteiger partial charge in [-0.3, -0.25) is 9.59 Å². The van der Waals surface area contributed by atoms with Gasteiger partial charge < -0.3 is 14.6 Å². The molecule has 0 unspecified atom stereocenters. The number of carboxylic acids is 1. The van der Waals surface area contributed by atoms with Gasteiger partial charge in [0, 0.05) is 19.4 Å². The van der Waals surface area contributed by atoms with Gasteiger partial charge in [0.05, 0.1) is 0 Å². The van der Waals surface area contributed by atoms with Crippen molar-refractivity contribution >= 4 is 17.9 Å². The van der Waals surface area contributed by atoms with E-state index >= 15 is 0 Å². The van der Waals surface area contributed by atoms with E-state index in [1.807, 2.05) is 0 Å². The molecular weight excluding hydrogens is 216 g/mol. The van der Waals surface area contributed by atoms with E-state index in [2.05, 4.69) is 11.3 Å². The first-order valence-electron chi connectivity index (χ1n) is 4.46. The summed E-state index contributed by atoms with van der Waals surface area (Å²) < 4.78 is 9.44. The summed E-state index contributed by atoms with van der Waals surface area (Å²) in [4.78, 5) is 32.3. The maximum absolute atomic E-state index is 11.1. The lowest BCUT2D eigenvalue weighted by Gasteiger charge is -2.24. The van der Waals surface area contributed by atoms with Crippen molar-refractivity contribution in [2.24, 2.45) is 0 Å². The fourth-order valence-electron chi connectivity index (χ4n) is 0.765. The largest absolute Gasteiger partial charge is 0.481 e. The van der Waals surface area contributed by atoms with Gasteiger partial charge in [-0.05, 0) is 6.92 Å². The quantitative estimate of drug-likeness (QED) is 0.326. The average molecular weight is 230 g/mol. The van der Waals surface area contributed by atoms with Gasteiger partial charge >= 0.3 is 17.9 Å². The molecule has 0 aromatic rings. The monoisotopic (exact) mass is 230 g/mol. The minimum atomic E-state index is -1.51. The van der Waals surface area contributed by atoms with Crippen molar-refractivity contribution in [3.05, 3.63) is 12.2 Å². The minimum absolute atomic E-state index is 0.155. The standard InChI is InChI=1S/C10H14O6/c1-6(2)9(14)16-10(3,4)15-8(13)5-7(11)12/h1,5H2,2-4H3,(H,11,12). The fourth-order valence-corrected chi connectivity index (χ4v) is 0.765. The predicted molar refractivity (Wildman–Crippen MR) is 53.3 cm³/mol. The predicted octanol–water partition coefficient (Wildman–Crippen LogP) is 0.860. The van der Waals surface area contributed by atoms with Crippen molar-refractivity contribution in [3.63, 3.8) is 0 Å². The number of carboxylic acid groups (broad SMARTS) is 1. The maximum Gasteiger partial charge on any atom is 0.336 e. The van der Waals surface area contributed by atoms with Crippen molar-refractivity contribution in [1.29, 1.82) is 0 Å². The third kappa shape index (κ3) is 5.79. The van der Waals surface area contributed by atoms with Crippen LogP contribution in [0.1, 0.15) is 27.2 Å². The topological polar surface area (TPSA) is 89.9 Å². The summed E-state index contributed by atoms with van der Waals surface area (Å²) in [6.45, 7) is 7.45. The lowest BCUT2D eigenvalue weighted by molar-refractivity contribution is -0.213. The lowest BCUT2D eigenvalue weighted by Crippen LogP contribution is -2.34. The summed E-state index contributed by atoms with van der Waals surface area (Å²) in [6.07, 6.45) is -0.784. The summed E-state index contributed by atoms with van der Waals surface area (Å²) in [7, 11) is 0. The normalized spacial score (nSPS) is 10.4. The molecule has 1 N–H and O–H groups in total. The van der Waals surface area contributed by atoms with Crippen LogP contribution < -0.4 is 0 Å². The van der Waals surface area contributed by atoms with Gasteiger partial charge in [0.25, 0.3) is 5.79 Å². The van der Waals surface area contributed by atoms with Gasteiger partial charge in [0.1, 0.15) is 6.42 Å². The molecule has 0 aliphatic heterocycles. The molecule has 6 nitrogen and oxygen atoms in total. The van der Waals surface area contributed by atoms with Gasteiger partial charge in [0.2, 0.25) is 0 Å². The van der Waals surface area contributed by atoms with Crippen LogP contribution in [0.5, 0.6) is 0 Å². The number of rotatable bonds is 5. The molecule has 0 aromatic heterocycles. The second-order valence-corrected chi connectivity index (χ2v) is 3.61. The second kappa shape index (κ2) is 5.29. The van der Waals surface area contributed by atoms with E-state index in [0.717, 1.165) is 0 Å². The van der Waals surface area contributed by atoms with Crippen molar-refractivity contribution in [3.8, 4) is 0 Å². The van der Waals surface area contributed by atoms with E-state index in [4.69, 9.17) is 9.84 Å². The van der Waals surface area contributed by atoms with Crippen LogP contribution in [0.3, 0.4) is 0 Å². The average Bonchev–Trinajstić information content (AvgIpc) is 1.98. The Labute approximate surface area is 92.8 Å². The third-order valence-electron chi connectivity index (χ3n) is 1.34. The van der Waals surface area contributed by atoms with E-state index in [1.54, 1.807) is 0 Å². The number of ether oxygens (including phenoxy) is 2. The second-order valence-electron chi connectivity index (χ2n) is 3.61. The van der Waals surface area contributed by atoms with Crippen molar-refractivity contribution in [2.45, 2.75) is 33.0 Å². The highest BCUT2D eigenvalue weighted by Crippen LogP contribution is 2.14. The summed E-state index contributed by atoms with van der Waals surface area (Å²) in [5.74, 6) is -4.52. The van der Waals surface area contributed by atoms with Crippen molar-refractivity contribution in [2.75, 3.05) is 0 Å². The number of hydrogen-bond acceptors (Lipinski definition) is 5. The van der Waals surface area contributed by atoms with Gasteiger partial charge in [-0.1, -0.05) is 6.58 Å². The van der Waals surface area contributed by atoms with E-state index < -0.39 is 30.1 Å². The van der Waals surface area contributed by atoms with Crippen molar-refractivity contribution in [1.82, 2.24) is 0 Å². The summed E-state index contributed by atoms with van der Waals surface area (Å²) in [5.41, 5.74) is 0.155. The highest BCUT2D eigenvalue weighted by Gasteiger charge is 2.28. The molecule has 0 rings (SSSR count). The summed E-state index contributed by atoms with van der Waals surface area (Å²) >= 11 is 0. The smallest absolute Gasteiger partial charge is 0.336 e. The molecule has 0 atom stereocenters. The molecule has 90 valence electrons. The number of hydrogen-bond donors (Lipinski definition) is 1. The van der Waals surface area contributed by atoms with Gasteiger partial charge in [0.15, 0.2) is 0 Å². The zero-order valence-corrected chi connectivity index (χ0v) is 9.40. The molecule has 6 heteroatoms. The van der Waals surface area contributed by atoms with Crippen LogP contribution in [0.2, 0.25) is 0 Å². The van der Waals surface area contributed by atoms with Gasteiger partial charge in [-0.25, -0.2) is 4.79 Å². The molecule has 0 saturated carbocycles. The summed E-state index contributed by atoms with van der Waals surface area (Å²) in [5, 5.41) is 8.33. The molecule has 0 amide bonds. The van der Waals surface area contributed by atoms with Crippen LogP contribution in [-0.4, -0.2) is 28.8 Å². The molecule has 16 heavy (non-hydrogen) atoms. The minimum Gasteiger partial charge on any atom is -0.481 e. The SMILES string of the molecule is C=C(C)C(=O)OC(C)(C)OC(=O)CC(=O)O. The zero-order valence-electron chi connectivity index (χ0n) is 9.40. The first kappa shape index (κ1) is 14.2. The Morgan fingerprint density at radius 1 is 1.25 bits per heavy atom. The molecule has 0 bridgehead atoms. The van der Waals surface area contributed by atoms with Crippen LogP contribution in [0.15, 0.2) is 12.2 Å². The maximum atomic E-state index is 11.1. The highest BCUT2D eigenvalue weighted by molar-refractivity contribution is 5.90. The van der Waals surface area contributed by atoms with Crippen molar-refractivity contribution < 1.29 is 29.0 Å². The summed E-state index contributed by atoms with van der Waals surface area (Å²) in [6, 6.07) is 0. The number of carbonyl (C=O) groups is 3. The molecule has 0 heterocycles. The molecular formula is C10H14O6. The highest BCUT2D eigenvalue weighted by atomic mass is 16.7. The first-order chi connectivity index (χ1) is 7.14. The Morgan fingerprint density at radius 2 is 1.75 bits per heavy atom.